The molecule has 0 bridgehead atoms. The predicted octanol–water partition coefficient (Wildman–Crippen LogP) is 0.910. The van der Waals surface area contributed by atoms with Crippen molar-refractivity contribution in [3.63, 3.8) is 0 Å². The van der Waals surface area contributed by atoms with Gasteiger partial charge in [0.2, 0.25) is 0 Å². The second kappa shape index (κ2) is 4.99. The number of aliphatic carboxylic acids is 1. The summed E-state index contributed by atoms with van der Waals surface area (Å²) >= 11 is 0. The van der Waals surface area contributed by atoms with Crippen LogP contribution in [0, 0.1) is 0 Å². The van der Waals surface area contributed by atoms with Crippen molar-refractivity contribution in [1.82, 2.24) is 0 Å². The van der Waals surface area contributed by atoms with E-state index in [1.807, 2.05) is 0 Å². The molecule has 1 aromatic carbocycles. The first-order valence-electron chi connectivity index (χ1n) is 4.23. The maximum atomic E-state index is 10.8. The van der Waals surface area contributed by atoms with E-state index in [9.17, 15) is 9.59 Å². The Morgan fingerprint density at radius 2 is 1.80 bits per heavy atom. The van der Waals surface area contributed by atoms with Gasteiger partial charge in [0.1, 0.15) is 18.8 Å². The molecule has 0 atom stereocenters. The second-order valence-electron chi connectivity index (χ2n) is 2.90. The molecule has 5 nitrogen and oxygen atoms in total. The standard InChI is InChI=1S/C10H10O5/c11-8-3-1-7(2-4-8)6-15-10(14)5-9(12)13/h1-4,11H,5-6H2,(H,12,13). The molecule has 1 rings (SSSR count). The van der Waals surface area contributed by atoms with Crippen LogP contribution in [0.4, 0.5) is 0 Å². The Balaban J connectivity index is 2.40. The summed E-state index contributed by atoms with van der Waals surface area (Å²) in [6.07, 6.45) is -0.641. The summed E-state index contributed by atoms with van der Waals surface area (Å²) in [6.45, 7) is 0.00634. The Hall–Kier alpha value is -2.04. The zero-order valence-corrected chi connectivity index (χ0v) is 7.84. The predicted molar refractivity (Wildman–Crippen MR) is 50.2 cm³/mol. The van der Waals surface area contributed by atoms with Crippen LogP contribution in [0.3, 0.4) is 0 Å². The highest BCUT2D eigenvalue weighted by Gasteiger charge is 2.08. The summed E-state index contributed by atoms with van der Waals surface area (Å²) in [5.41, 5.74) is 0.687. The lowest BCUT2D eigenvalue weighted by Crippen LogP contribution is -2.10. The second-order valence-corrected chi connectivity index (χ2v) is 2.90. The Morgan fingerprint density at radius 1 is 1.20 bits per heavy atom. The van der Waals surface area contributed by atoms with Gasteiger partial charge in [-0.25, -0.2) is 0 Å². The minimum atomic E-state index is -1.22. The molecule has 0 fully saturated rings. The molecule has 2 N–H and O–H groups in total. The number of carbonyl (C=O) groups is 2. The average molecular weight is 210 g/mol. The molecule has 0 aliphatic heterocycles. The zero-order chi connectivity index (χ0) is 11.3. The Labute approximate surface area is 85.9 Å². The van der Waals surface area contributed by atoms with E-state index in [0.717, 1.165) is 0 Å². The van der Waals surface area contributed by atoms with Crippen LogP contribution in [0.25, 0.3) is 0 Å². The summed E-state index contributed by atoms with van der Waals surface area (Å²) in [5.74, 6) is -1.88. The van der Waals surface area contributed by atoms with Gasteiger partial charge in [-0.05, 0) is 17.7 Å². The maximum absolute atomic E-state index is 10.8. The molecule has 80 valence electrons. The van der Waals surface area contributed by atoms with Crippen molar-refractivity contribution in [1.29, 1.82) is 0 Å². The van der Waals surface area contributed by atoms with E-state index in [2.05, 4.69) is 4.74 Å². The lowest BCUT2D eigenvalue weighted by atomic mass is 10.2. The number of hydrogen-bond acceptors (Lipinski definition) is 4. The van der Waals surface area contributed by atoms with Gasteiger partial charge in [-0.1, -0.05) is 12.1 Å². The van der Waals surface area contributed by atoms with Gasteiger partial charge in [-0.15, -0.1) is 0 Å². The molecule has 0 saturated carbocycles. The van der Waals surface area contributed by atoms with Gasteiger partial charge < -0.3 is 14.9 Å². The zero-order valence-electron chi connectivity index (χ0n) is 7.84. The Kier molecular flexibility index (Phi) is 3.68. The minimum absolute atomic E-state index is 0.00634. The quantitative estimate of drug-likeness (QED) is 0.570. The van der Waals surface area contributed by atoms with E-state index < -0.39 is 18.4 Å². The molecule has 1 aromatic rings. The van der Waals surface area contributed by atoms with E-state index in [1.165, 1.54) is 12.1 Å². The summed E-state index contributed by atoms with van der Waals surface area (Å²) in [6, 6.07) is 6.09. The fourth-order valence-electron chi connectivity index (χ4n) is 0.931. The summed E-state index contributed by atoms with van der Waals surface area (Å²) in [7, 11) is 0. The third kappa shape index (κ3) is 4.12. The van der Waals surface area contributed by atoms with Crippen molar-refractivity contribution >= 4 is 11.9 Å². The maximum Gasteiger partial charge on any atom is 0.317 e. The van der Waals surface area contributed by atoms with Crippen molar-refractivity contribution in [3.8, 4) is 5.75 Å². The largest absolute Gasteiger partial charge is 0.508 e. The van der Waals surface area contributed by atoms with Crippen LogP contribution in [0.5, 0.6) is 5.75 Å². The number of hydrogen-bond donors (Lipinski definition) is 2. The van der Waals surface area contributed by atoms with Gasteiger partial charge in [0, 0.05) is 0 Å². The Bertz CT molecular complexity index is 355. The van der Waals surface area contributed by atoms with Gasteiger partial charge in [0.15, 0.2) is 0 Å². The normalized spacial score (nSPS) is 9.60. The number of phenolic OH excluding ortho intramolecular Hbond substituents is 1. The third-order valence-corrected chi connectivity index (χ3v) is 1.63. The minimum Gasteiger partial charge on any atom is -0.508 e. The van der Waals surface area contributed by atoms with Crippen LogP contribution in [-0.2, 0) is 20.9 Å². The highest BCUT2D eigenvalue weighted by molar-refractivity contribution is 5.90. The summed E-state index contributed by atoms with van der Waals surface area (Å²) in [4.78, 5) is 21.0. The van der Waals surface area contributed by atoms with Gasteiger partial charge in [0.05, 0.1) is 0 Å². The van der Waals surface area contributed by atoms with E-state index in [-0.39, 0.29) is 12.4 Å². The molecule has 0 saturated heterocycles. The number of carboxylic acids is 1. The average Bonchev–Trinajstić information content (AvgIpc) is 2.16. The molecule has 0 unspecified atom stereocenters. The molecular weight excluding hydrogens is 200 g/mol. The van der Waals surface area contributed by atoms with Gasteiger partial charge in [-0.2, -0.15) is 0 Å². The molecule has 5 heteroatoms. The van der Waals surface area contributed by atoms with Crippen LogP contribution < -0.4 is 0 Å². The van der Waals surface area contributed by atoms with Gasteiger partial charge in [-0.3, -0.25) is 9.59 Å². The molecular formula is C10H10O5. The molecule has 0 aliphatic carbocycles. The number of ether oxygens (including phenoxy) is 1. The highest BCUT2D eigenvalue weighted by Crippen LogP contribution is 2.10. The number of rotatable bonds is 4. The number of carbonyl (C=O) groups excluding carboxylic acids is 1. The van der Waals surface area contributed by atoms with Crippen molar-refractivity contribution in [2.75, 3.05) is 0 Å². The summed E-state index contributed by atoms with van der Waals surface area (Å²) in [5, 5.41) is 17.3. The molecule has 0 aliphatic rings. The van der Waals surface area contributed by atoms with Crippen molar-refractivity contribution < 1.29 is 24.5 Å². The van der Waals surface area contributed by atoms with Crippen LogP contribution in [0.15, 0.2) is 24.3 Å². The number of carboxylic acid groups (broad SMARTS) is 1. The fraction of sp³-hybridized carbons (Fsp3) is 0.200. The van der Waals surface area contributed by atoms with Crippen LogP contribution in [0.1, 0.15) is 12.0 Å². The lowest BCUT2D eigenvalue weighted by molar-refractivity contribution is -0.152. The Morgan fingerprint density at radius 3 is 2.33 bits per heavy atom. The number of phenols is 1. The monoisotopic (exact) mass is 210 g/mol. The highest BCUT2D eigenvalue weighted by atomic mass is 16.5. The summed E-state index contributed by atoms with van der Waals surface area (Å²) < 4.78 is 4.68. The first-order valence-corrected chi connectivity index (χ1v) is 4.23. The fourth-order valence-corrected chi connectivity index (χ4v) is 0.931. The van der Waals surface area contributed by atoms with Crippen molar-refractivity contribution in [2.24, 2.45) is 0 Å². The molecule has 0 spiro atoms. The third-order valence-electron chi connectivity index (χ3n) is 1.63. The smallest absolute Gasteiger partial charge is 0.317 e. The first kappa shape index (κ1) is 11.0. The van der Waals surface area contributed by atoms with Crippen LogP contribution in [-0.4, -0.2) is 22.2 Å². The number of aromatic hydroxyl groups is 1. The molecule has 0 radical (unpaired) electrons. The number of esters is 1. The topological polar surface area (TPSA) is 83.8 Å². The van der Waals surface area contributed by atoms with E-state index >= 15 is 0 Å². The van der Waals surface area contributed by atoms with Crippen LogP contribution >= 0.6 is 0 Å². The molecule has 0 heterocycles. The van der Waals surface area contributed by atoms with Crippen molar-refractivity contribution in [2.45, 2.75) is 13.0 Å². The molecule has 0 aromatic heterocycles. The number of benzene rings is 1. The van der Waals surface area contributed by atoms with Crippen molar-refractivity contribution in [3.05, 3.63) is 29.8 Å². The first-order chi connectivity index (χ1) is 7.08. The SMILES string of the molecule is O=C(O)CC(=O)OCc1ccc(O)cc1. The molecule has 15 heavy (non-hydrogen) atoms. The van der Waals surface area contributed by atoms with Crippen LogP contribution in [0.2, 0.25) is 0 Å². The lowest BCUT2D eigenvalue weighted by Gasteiger charge is -2.03. The molecule has 0 amide bonds. The van der Waals surface area contributed by atoms with E-state index in [0.29, 0.717) is 5.56 Å². The van der Waals surface area contributed by atoms with E-state index in [1.54, 1.807) is 12.1 Å². The van der Waals surface area contributed by atoms with E-state index in [4.69, 9.17) is 10.2 Å². The van der Waals surface area contributed by atoms with Gasteiger partial charge in [0.25, 0.3) is 0 Å². The van der Waals surface area contributed by atoms with Gasteiger partial charge >= 0.3 is 11.9 Å².